The van der Waals surface area contributed by atoms with Crippen molar-refractivity contribution < 1.29 is 22.7 Å². The lowest BCUT2D eigenvalue weighted by atomic mass is 10.1. The van der Waals surface area contributed by atoms with E-state index in [4.69, 9.17) is 9.47 Å². The molecule has 0 spiro atoms. The van der Waals surface area contributed by atoms with E-state index in [1.54, 1.807) is 41.1 Å². The second-order valence-corrected chi connectivity index (χ2v) is 10.2. The highest BCUT2D eigenvalue weighted by Gasteiger charge is 2.23. The third kappa shape index (κ3) is 4.36. The van der Waals surface area contributed by atoms with E-state index in [9.17, 15) is 13.2 Å². The van der Waals surface area contributed by atoms with Crippen molar-refractivity contribution in [2.75, 3.05) is 18.5 Å². The van der Waals surface area contributed by atoms with E-state index in [0.717, 1.165) is 11.1 Å². The van der Waals surface area contributed by atoms with Gasteiger partial charge in [-0.3, -0.25) is 4.79 Å². The summed E-state index contributed by atoms with van der Waals surface area (Å²) in [5, 5.41) is 3.46. The van der Waals surface area contributed by atoms with Crippen LogP contribution in [0.3, 0.4) is 0 Å². The lowest BCUT2D eigenvalue weighted by Crippen LogP contribution is -2.19. The van der Waals surface area contributed by atoms with Crippen LogP contribution < -0.4 is 14.8 Å². The van der Waals surface area contributed by atoms with Crippen molar-refractivity contribution >= 4 is 32.3 Å². The quantitative estimate of drug-likeness (QED) is 0.448. The second-order valence-electron chi connectivity index (χ2n) is 8.23. The van der Waals surface area contributed by atoms with E-state index in [0.29, 0.717) is 41.3 Å². The maximum absolute atomic E-state index is 13.4. The number of nitrogens with one attached hydrogen (secondary N) is 1. The average Bonchev–Trinajstić information content (AvgIpc) is 3.20. The van der Waals surface area contributed by atoms with Crippen LogP contribution in [0.4, 0.5) is 5.69 Å². The number of carbonyl (C=O) groups is 1. The summed E-state index contributed by atoms with van der Waals surface area (Å²) in [5.74, 6) is 0.848. The number of benzene rings is 3. The number of hydrogen-bond acceptors (Lipinski definition) is 5. The van der Waals surface area contributed by atoms with E-state index in [-0.39, 0.29) is 23.1 Å². The van der Waals surface area contributed by atoms with Crippen molar-refractivity contribution in [3.8, 4) is 11.5 Å². The molecule has 0 saturated carbocycles. The Kier molecular flexibility index (Phi) is 5.75. The maximum Gasteiger partial charge on any atom is 0.244 e. The summed E-state index contributed by atoms with van der Waals surface area (Å²) >= 11 is 0. The number of carbonyl (C=O) groups excluding carboxylic acids is 1. The van der Waals surface area contributed by atoms with Crippen molar-refractivity contribution in [3.63, 3.8) is 0 Å². The Morgan fingerprint density at radius 1 is 0.971 bits per heavy atom. The van der Waals surface area contributed by atoms with Crippen LogP contribution in [-0.4, -0.2) is 32.1 Å². The number of hydrogen-bond donors (Lipinski definition) is 1. The minimum Gasteiger partial charge on any atom is -0.486 e. The number of amides is 1. The van der Waals surface area contributed by atoms with Crippen LogP contribution in [0.2, 0.25) is 0 Å². The standard InChI is InChI=1S/C26H24N2O5S/c1-18-6-2-3-7-19(18)17-34(30,31)25-15-28(22-9-5-4-8-21(22)25)16-26(29)27-20-10-11-23-24(14-20)33-13-12-32-23/h2-11,14-15H,12-13,16-17H2,1H3,(H,27,29). The SMILES string of the molecule is Cc1ccccc1CS(=O)(=O)c1cn(CC(=O)Nc2ccc3c(c2)OCCO3)c2ccccc12. The molecule has 5 rings (SSSR count). The van der Waals surface area contributed by atoms with Gasteiger partial charge in [0.1, 0.15) is 19.8 Å². The summed E-state index contributed by atoms with van der Waals surface area (Å²) in [6.07, 6.45) is 1.56. The van der Waals surface area contributed by atoms with Crippen LogP contribution in [0.15, 0.2) is 77.8 Å². The Labute approximate surface area is 197 Å². The molecule has 0 aliphatic carbocycles. The molecule has 0 fully saturated rings. The lowest BCUT2D eigenvalue weighted by molar-refractivity contribution is -0.116. The zero-order valence-corrected chi connectivity index (χ0v) is 19.5. The molecule has 0 atom stereocenters. The summed E-state index contributed by atoms with van der Waals surface area (Å²) in [5.41, 5.74) is 2.95. The van der Waals surface area contributed by atoms with Crippen LogP contribution in [0.25, 0.3) is 10.9 Å². The zero-order valence-electron chi connectivity index (χ0n) is 18.7. The van der Waals surface area contributed by atoms with Gasteiger partial charge in [0.2, 0.25) is 5.91 Å². The number of anilines is 1. The molecule has 0 bridgehead atoms. The summed E-state index contributed by atoms with van der Waals surface area (Å²) in [6, 6.07) is 19.9. The van der Waals surface area contributed by atoms with E-state index >= 15 is 0 Å². The number of aromatic nitrogens is 1. The first-order chi connectivity index (χ1) is 16.4. The fraction of sp³-hybridized carbons (Fsp3) is 0.192. The third-order valence-corrected chi connectivity index (χ3v) is 7.52. The monoisotopic (exact) mass is 476 g/mol. The molecular weight excluding hydrogens is 452 g/mol. The Bertz CT molecular complexity index is 1490. The molecule has 1 aliphatic rings. The third-order valence-electron chi connectivity index (χ3n) is 5.83. The second kappa shape index (κ2) is 8.87. The topological polar surface area (TPSA) is 86.6 Å². The molecule has 1 aromatic heterocycles. The highest BCUT2D eigenvalue weighted by molar-refractivity contribution is 7.90. The highest BCUT2D eigenvalue weighted by Crippen LogP contribution is 2.33. The molecular formula is C26H24N2O5S. The number of fused-ring (bicyclic) bond motifs is 2. The van der Waals surface area contributed by atoms with E-state index in [1.807, 2.05) is 43.3 Å². The minimum atomic E-state index is -3.63. The van der Waals surface area contributed by atoms with Gasteiger partial charge in [0.15, 0.2) is 21.3 Å². The Balaban J connectivity index is 1.41. The minimum absolute atomic E-state index is 0.0329. The number of aryl methyl sites for hydroxylation is 1. The zero-order chi connectivity index (χ0) is 23.7. The van der Waals surface area contributed by atoms with Crippen LogP contribution in [-0.2, 0) is 26.9 Å². The van der Waals surface area contributed by atoms with Crippen molar-refractivity contribution in [3.05, 3.63) is 84.1 Å². The normalized spacial score (nSPS) is 13.1. The van der Waals surface area contributed by atoms with Crippen LogP contribution >= 0.6 is 0 Å². The molecule has 3 aromatic carbocycles. The number of rotatable bonds is 6. The van der Waals surface area contributed by atoms with Gasteiger partial charge in [-0.15, -0.1) is 0 Å². The van der Waals surface area contributed by atoms with Crippen LogP contribution in [0, 0.1) is 6.92 Å². The number of ether oxygens (including phenoxy) is 2. The Morgan fingerprint density at radius 3 is 2.53 bits per heavy atom. The van der Waals surface area contributed by atoms with Gasteiger partial charge < -0.3 is 19.4 Å². The van der Waals surface area contributed by atoms with Crippen molar-refractivity contribution in [2.45, 2.75) is 24.1 Å². The molecule has 0 unspecified atom stereocenters. The van der Waals surface area contributed by atoms with Crippen molar-refractivity contribution in [2.24, 2.45) is 0 Å². The molecule has 0 radical (unpaired) electrons. The van der Waals surface area contributed by atoms with Gasteiger partial charge in [-0.05, 0) is 36.2 Å². The van der Waals surface area contributed by atoms with Gasteiger partial charge >= 0.3 is 0 Å². The molecule has 8 heteroatoms. The molecule has 1 aliphatic heterocycles. The molecule has 7 nitrogen and oxygen atoms in total. The van der Waals surface area contributed by atoms with E-state index < -0.39 is 9.84 Å². The first-order valence-corrected chi connectivity index (χ1v) is 12.6. The largest absolute Gasteiger partial charge is 0.486 e. The predicted molar refractivity (Wildman–Crippen MR) is 130 cm³/mol. The summed E-state index contributed by atoms with van der Waals surface area (Å²) in [7, 11) is -3.63. The number of para-hydroxylation sites is 1. The van der Waals surface area contributed by atoms with Crippen LogP contribution in [0.5, 0.6) is 11.5 Å². The number of nitrogens with zero attached hydrogens (tertiary/aromatic N) is 1. The van der Waals surface area contributed by atoms with Gasteiger partial charge in [-0.25, -0.2) is 8.42 Å². The van der Waals surface area contributed by atoms with Gasteiger partial charge in [0.25, 0.3) is 0 Å². The predicted octanol–water partition coefficient (Wildman–Crippen LogP) is 4.33. The fourth-order valence-corrected chi connectivity index (χ4v) is 5.81. The molecule has 1 N–H and O–H groups in total. The average molecular weight is 477 g/mol. The van der Waals surface area contributed by atoms with Crippen LogP contribution in [0.1, 0.15) is 11.1 Å². The Hall–Kier alpha value is -3.78. The fourth-order valence-electron chi connectivity index (χ4n) is 4.12. The molecule has 0 saturated heterocycles. The molecule has 34 heavy (non-hydrogen) atoms. The van der Waals surface area contributed by atoms with Gasteiger partial charge in [-0.2, -0.15) is 0 Å². The van der Waals surface area contributed by atoms with Gasteiger partial charge in [0, 0.05) is 28.9 Å². The van der Waals surface area contributed by atoms with Gasteiger partial charge in [0.05, 0.1) is 10.6 Å². The Morgan fingerprint density at radius 2 is 1.71 bits per heavy atom. The number of sulfone groups is 1. The first kappa shape index (κ1) is 22.0. The molecule has 2 heterocycles. The smallest absolute Gasteiger partial charge is 0.244 e. The molecule has 1 amide bonds. The van der Waals surface area contributed by atoms with E-state index in [1.165, 1.54) is 0 Å². The lowest BCUT2D eigenvalue weighted by Gasteiger charge is -2.19. The summed E-state index contributed by atoms with van der Waals surface area (Å²) in [4.78, 5) is 13.1. The van der Waals surface area contributed by atoms with Crippen molar-refractivity contribution in [1.29, 1.82) is 0 Å². The molecule has 4 aromatic rings. The van der Waals surface area contributed by atoms with E-state index in [2.05, 4.69) is 5.32 Å². The molecule has 174 valence electrons. The summed E-state index contributed by atoms with van der Waals surface area (Å²) in [6.45, 7) is 2.82. The summed E-state index contributed by atoms with van der Waals surface area (Å²) < 4.78 is 39.5. The first-order valence-electron chi connectivity index (χ1n) is 11.0. The van der Waals surface area contributed by atoms with Gasteiger partial charge in [-0.1, -0.05) is 42.5 Å². The maximum atomic E-state index is 13.4. The highest BCUT2D eigenvalue weighted by atomic mass is 32.2. The van der Waals surface area contributed by atoms with Crippen molar-refractivity contribution in [1.82, 2.24) is 4.57 Å².